The summed E-state index contributed by atoms with van der Waals surface area (Å²) in [6.45, 7) is 1.62. The number of nitrogens with one attached hydrogen (secondary N) is 1. The fraction of sp³-hybridized carbons (Fsp3) is 0.462. The second-order valence-corrected chi connectivity index (χ2v) is 6.39. The fourth-order valence-electron chi connectivity index (χ4n) is 1.75. The number of rotatable bonds is 6. The molecule has 7 nitrogen and oxygen atoms in total. The maximum atomic E-state index is 12.4. The van der Waals surface area contributed by atoms with E-state index in [4.69, 9.17) is 0 Å². The maximum absolute atomic E-state index is 12.4. The van der Waals surface area contributed by atoms with Gasteiger partial charge in [-0.1, -0.05) is 0 Å². The highest BCUT2D eigenvalue weighted by molar-refractivity contribution is 9.10. The summed E-state index contributed by atoms with van der Waals surface area (Å²) in [5.74, 6) is -0.353. The van der Waals surface area contributed by atoms with Crippen molar-refractivity contribution in [2.45, 2.75) is 32.3 Å². The highest BCUT2D eigenvalue weighted by atomic mass is 79.9. The third-order valence-electron chi connectivity index (χ3n) is 3.06. The molecule has 0 saturated heterocycles. The van der Waals surface area contributed by atoms with E-state index >= 15 is 0 Å². The van der Waals surface area contributed by atoms with Crippen LogP contribution in [0, 0.1) is 0 Å². The number of nitrogens with zero attached hydrogens (tertiary/aromatic N) is 4. The van der Waals surface area contributed by atoms with Gasteiger partial charge in [-0.2, -0.15) is 23.4 Å². The molecule has 0 aliphatic carbocycles. The van der Waals surface area contributed by atoms with Crippen molar-refractivity contribution >= 4 is 27.5 Å². The molecule has 24 heavy (non-hydrogen) atoms. The Bertz CT molecular complexity index is 711. The van der Waals surface area contributed by atoms with Gasteiger partial charge in [0.2, 0.25) is 0 Å². The number of carbonyl (C=O) groups excluding carboxylic acids is 1. The first-order valence-corrected chi connectivity index (χ1v) is 7.56. The molecule has 2 aromatic rings. The summed E-state index contributed by atoms with van der Waals surface area (Å²) >= 11 is 3.26. The van der Waals surface area contributed by atoms with Crippen molar-refractivity contribution in [2.24, 2.45) is 0 Å². The van der Waals surface area contributed by atoms with Crippen LogP contribution in [0.2, 0.25) is 0 Å². The number of hydrogen-bond donors (Lipinski definition) is 1. The minimum Gasteiger partial charge on any atom is -0.350 e. The van der Waals surface area contributed by atoms with Crippen molar-refractivity contribution in [2.75, 3.05) is 11.9 Å². The first-order valence-electron chi connectivity index (χ1n) is 6.77. The van der Waals surface area contributed by atoms with E-state index in [9.17, 15) is 18.0 Å². The van der Waals surface area contributed by atoms with Crippen LogP contribution in [0.4, 0.5) is 18.9 Å². The molecule has 2 aromatic heterocycles. The number of anilines is 1. The van der Waals surface area contributed by atoms with Crippen molar-refractivity contribution in [3.8, 4) is 0 Å². The van der Waals surface area contributed by atoms with E-state index in [2.05, 4.69) is 36.2 Å². The van der Waals surface area contributed by atoms with Gasteiger partial charge in [0.15, 0.2) is 0 Å². The molecule has 0 radical (unpaired) electrons. The number of amides is 1. The van der Waals surface area contributed by atoms with Gasteiger partial charge in [-0.15, -0.1) is 0 Å². The second kappa shape index (κ2) is 6.93. The lowest BCUT2D eigenvalue weighted by Gasteiger charge is -2.23. The minimum absolute atomic E-state index is 0.343. The third-order valence-corrected chi connectivity index (χ3v) is 3.47. The maximum Gasteiger partial charge on any atom is 0.411 e. The van der Waals surface area contributed by atoms with Gasteiger partial charge in [0, 0.05) is 6.20 Å². The Hall–Kier alpha value is -1.88. The molecule has 0 unspecified atom stereocenters. The lowest BCUT2D eigenvalue weighted by molar-refractivity contribution is -0.182. The molecule has 2 rings (SSSR count). The molecular weight excluding hydrogens is 395 g/mol. The van der Waals surface area contributed by atoms with Crippen molar-refractivity contribution in [3.05, 3.63) is 29.3 Å². The number of aromatic nitrogens is 4. The van der Waals surface area contributed by atoms with Crippen LogP contribution in [0.25, 0.3) is 0 Å². The highest BCUT2D eigenvalue weighted by Crippen LogP contribution is 2.20. The zero-order valence-electron chi connectivity index (χ0n) is 12.8. The van der Waals surface area contributed by atoms with E-state index < -0.39 is 18.3 Å². The molecule has 0 aromatic carbocycles. The van der Waals surface area contributed by atoms with Gasteiger partial charge in [-0.3, -0.25) is 9.48 Å². The quantitative estimate of drug-likeness (QED) is 0.795. The van der Waals surface area contributed by atoms with Gasteiger partial charge in [0.25, 0.3) is 5.91 Å². The SMILES string of the molecule is CC(C)(C(=O)Nc1cnn(COCC(F)(F)F)c1)n1cc(Br)cn1. The zero-order valence-corrected chi connectivity index (χ0v) is 14.4. The lowest BCUT2D eigenvalue weighted by Crippen LogP contribution is -2.40. The predicted octanol–water partition coefficient (Wildman–Crippen LogP) is 2.75. The van der Waals surface area contributed by atoms with Crippen LogP contribution in [-0.4, -0.2) is 38.3 Å². The molecule has 0 atom stereocenters. The van der Waals surface area contributed by atoms with Crippen molar-refractivity contribution in [1.29, 1.82) is 0 Å². The van der Waals surface area contributed by atoms with E-state index in [1.807, 2.05) is 0 Å². The van der Waals surface area contributed by atoms with Gasteiger partial charge in [-0.05, 0) is 29.8 Å². The van der Waals surface area contributed by atoms with Gasteiger partial charge >= 0.3 is 6.18 Å². The summed E-state index contributed by atoms with van der Waals surface area (Å²) in [6, 6.07) is 0. The number of hydrogen-bond acceptors (Lipinski definition) is 4. The molecule has 0 fully saturated rings. The highest BCUT2D eigenvalue weighted by Gasteiger charge is 2.31. The van der Waals surface area contributed by atoms with Crippen molar-refractivity contribution < 1.29 is 22.7 Å². The molecule has 132 valence electrons. The first-order chi connectivity index (χ1) is 11.1. The predicted molar refractivity (Wildman–Crippen MR) is 82.1 cm³/mol. The van der Waals surface area contributed by atoms with Gasteiger partial charge in [0.05, 0.1) is 28.8 Å². The van der Waals surface area contributed by atoms with Gasteiger partial charge < -0.3 is 10.1 Å². The van der Waals surface area contributed by atoms with Crippen LogP contribution < -0.4 is 5.32 Å². The van der Waals surface area contributed by atoms with E-state index in [0.717, 1.165) is 9.15 Å². The molecule has 0 bridgehead atoms. The van der Waals surface area contributed by atoms with E-state index in [-0.39, 0.29) is 12.6 Å². The number of halogens is 4. The summed E-state index contributed by atoms with van der Waals surface area (Å²) in [7, 11) is 0. The minimum atomic E-state index is -4.40. The molecule has 11 heteroatoms. The van der Waals surface area contributed by atoms with Crippen molar-refractivity contribution in [1.82, 2.24) is 19.6 Å². The average Bonchev–Trinajstić information content (AvgIpc) is 3.07. The Morgan fingerprint density at radius 1 is 1.29 bits per heavy atom. The number of ether oxygens (including phenoxy) is 1. The van der Waals surface area contributed by atoms with Crippen LogP contribution in [0.15, 0.2) is 29.3 Å². The Labute approximate surface area is 143 Å². The Morgan fingerprint density at radius 3 is 2.58 bits per heavy atom. The van der Waals surface area contributed by atoms with E-state index in [1.54, 1.807) is 26.2 Å². The second-order valence-electron chi connectivity index (χ2n) is 5.48. The first kappa shape index (κ1) is 18.5. The summed E-state index contributed by atoms with van der Waals surface area (Å²) in [6.07, 6.45) is 1.53. The Balaban J connectivity index is 1.95. The van der Waals surface area contributed by atoms with Crippen LogP contribution in [0.5, 0.6) is 0 Å². The number of alkyl halides is 3. The van der Waals surface area contributed by atoms with Gasteiger partial charge in [-0.25, -0.2) is 4.68 Å². The molecule has 2 heterocycles. The van der Waals surface area contributed by atoms with Crippen LogP contribution >= 0.6 is 15.9 Å². The van der Waals surface area contributed by atoms with Crippen LogP contribution in [0.1, 0.15) is 13.8 Å². The molecule has 0 aliphatic rings. The zero-order chi connectivity index (χ0) is 18.0. The smallest absolute Gasteiger partial charge is 0.350 e. The normalized spacial score (nSPS) is 12.4. The van der Waals surface area contributed by atoms with Crippen molar-refractivity contribution in [3.63, 3.8) is 0 Å². The van der Waals surface area contributed by atoms with Gasteiger partial charge in [0.1, 0.15) is 18.9 Å². The Morgan fingerprint density at radius 2 is 2.00 bits per heavy atom. The standard InChI is InChI=1S/C13H15BrF3N5O2/c1-12(2,22-5-9(14)3-19-22)11(23)20-10-4-18-21(6-10)8-24-7-13(15,16)17/h3-6H,7-8H2,1-2H3,(H,20,23). The largest absolute Gasteiger partial charge is 0.411 e. The third kappa shape index (κ3) is 4.81. The molecule has 0 saturated carbocycles. The summed E-state index contributed by atoms with van der Waals surface area (Å²) < 4.78 is 43.9. The van der Waals surface area contributed by atoms with E-state index in [0.29, 0.717) is 5.69 Å². The van der Waals surface area contributed by atoms with Crippen LogP contribution in [0.3, 0.4) is 0 Å². The monoisotopic (exact) mass is 409 g/mol. The molecule has 0 aliphatic heterocycles. The molecule has 0 spiro atoms. The lowest BCUT2D eigenvalue weighted by atomic mass is 10.1. The Kier molecular flexibility index (Phi) is 5.33. The summed E-state index contributed by atoms with van der Waals surface area (Å²) in [4.78, 5) is 12.4. The summed E-state index contributed by atoms with van der Waals surface area (Å²) in [5.41, 5.74) is -0.629. The molecule has 1 N–H and O–H groups in total. The van der Waals surface area contributed by atoms with Crippen LogP contribution in [-0.2, 0) is 21.8 Å². The molecular formula is C13H15BrF3N5O2. The molecule has 1 amide bonds. The fourth-order valence-corrected chi connectivity index (χ4v) is 2.03. The van der Waals surface area contributed by atoms with E-state index in [1.165, 1.54) is 17.1 Å². The average molecular weight is 410 g/mol. The topological polar surface area (TPSA) is 74.0 Å². The number of carbonyl (C=O) groups is 1. The summed E-state index contributed by atoms with van der Waals surface area (Å²) in [5, 5.41) is 10.5.